The Morgan fingerprint density at radius 1 is 0.429 bits per heavy atom. The zero-order chi connectivity index (χ0) is 37.8. The topological polar surface area (TPSA) is 3.24 Å². The zero-order valence-electron chi connectivity index (χ0n) is 31.4. The first-order valence-corrected chi connectivity index (χ1v) is 19.2. The molecule has 0 radical (unpaired) electrons. The second-order valence-corrected chi connectivity index (χ2v) is 14.3. The molecule has 9 aromatic carbocycles. The van der Waals surface area contributed by atoms with Crippen molar-refractivity contribution in [3.8, 4) is 33.4 Å². The van der Waals surface area contributed by atoms with Crippen LogP contribution in [0.1, 0.15) is 23.6 Å². The summed E-state index contributed by atoms with van der Waals surface area (Å²) >= 11 is 0. The van der Waals surface area contributed by atoms with Crippen LogP contribution >= 0.6 is 0 Å². The Kier molecular flexibility index (Phi) is 9.41. The normalized spacial score (nSPS) is 11.5. The van der Waals surface area contributed by atoms with Gasteiger partial charge in [-0.3, -0.25) is 0 Å². The lowest BCUT2D eigenvalue weighted by Crippen LogP contribution is -2.10. The van der Waals surface area contributed by atoms with Gasteiger partial charge in [-0.05, 0) is 127 Å². The SMILES string of the molecule is C=Cc1c(/C=C(\C)c2cccc(N(c3ccc(-c4ccccc4)cc3)c3ccc(-c4cccc5ccccc45)cc3)c2)ccc2cc(-c3ccccc3)ccc12. The standard InChI is InChI=1S/C55H41N/c1-3-52-47(24-25-48-37-46(30-35-55(48)52)41-16-8-5-9-17-41)36-39(2)45-20-12-21-51(38-45)56(49-31-26-42(27-32-49)40-14-6-4-7-15-40)50-33-28-44(29-34-50)54-23-13-19-43-18-10-11-22-53(43)54/h3-38H,1H2,2H3/b39-36+. The van der Waals surface area contributed by atoms with Gasteiger partial charge in [0.2, 0.25) is 0 Å². The Labute approximate surface area is 329 Å². The lowest BCUT2D eigenvalue weighted by Gasteiger charge is -2.26. The predicted molar refractivity (Wildman–Crippen MR) is 243 cm³/mol. The molecule has 0 N–H and O–H groups in total. The van der Waals surface area contributed by atoms with Crippen molar-refractivity contribution in [3.63, 3.8) is 0 Å². The first-order chi connectivity index (χ1) is 27.6. The monoisotopic (exact) mass is 715 g/mol. The fourth-order valence-electron chi connectivity index (χ4n) is 7.89. The van der Waals surface area contributed by atoms with E-state index in [9.17, 15) is 0 Å². The Morgan fingerprint density at radius 2 is 1.02 bits per heavy atom. The summed E-state index contributed by atoms with van der Waals surface area (Å²) in [5, 5.41) is 4.91. The average molecular weight is 716 g/mol. The van der Waals surface area contributed by atoms with E-state index in [4.69, 9.17) is 0 Å². The molecular formula is C55H41N. The third kappa shape index (κ3) is 6.83. The summed E-state index contributed by atoms with van der Waals surface area (Å²) in [6, 6.07) is 74.2. The summed E-state index contributed by atoms with van der Waals surface area (Å²) in [5.74, 6) is 0. The second-order valence-electron chi connectivity index (χ2n) is 14.3. The predicted octanol–water partition coefficient (Wildman–Crippen LogP) is 15.7. The van der Waals surface area contributed by atoms with E-state index < -0.39 is 0 Å². The van der Waals surface area contributed by atoms with Crippen LogP contribution in [0, 0.1) is 0 Å². The van der Waals surface area contributed by atoms with Crippen LogP contribution in [0.5, 0.6) is 0 Å². The molecule has 0 heterocycles. The van der Waals surface area contributed by atoms with Crippen molar-refractivity contribution in [2.24, 2.45) is 0 Å². The molecule has 9 rings (SSSR count). The second kappa shape index (κ2) is 15.3. The molecule has 1 heteroatoms. The Balaban J connectivity index is 1.09. The molecule has 0 saturated carbocycles. The molecule has 9 aromatic rings. The van der Waals surface area contributed by atoms with Crippen LogP contribution in [-0.4, -0.2) is 0 Å². The van der Waals surface area contributed by atoms with Crippen LogP contribution in [0.15, 0.2) is 213 Å². The van der Waals surface area contributed by atoms with E-state index in [1.165, 1.54) is 60.5 Å². The van der Waals surface area contributed by atoms with E-state index in [0.717, 1.165) is 33.8 Å². The van der Waals surface area contributed by atoms with E-state index in [0.29, 0.717) is 0 Å². The fraction of sp³-hybridized carbons (Fsp3) is 0.0182. The Hall–Kier alpha value is -7.22. The van der Waals surface area contributed by atoms with Gasteiger partial charge in [-0.1, -0.05) is 183 Å². The van der Waals surface area contributed by atoms with Gasteiger partial charge in [0.1, 0.15) is 0 Å². The van der Waals surface area contributed by atoms with E-state index in [1.807, 2.05) is 6.08 Å². The molecule has 0 fully saturated rings. The quantitative estimate of drug-likeness (QED) is 0.135. The molecule has 0 atom stereocenters. The molecule has 0 aliphatic rings. The minimum atomic E-state index is 1.09. The number of anilines is 3. The smallest absolute Gasteiger partial charge is 0.0467 e. The largest absolute Gasteiger partial charge is 0.310 e. The summed E-state index contributed by atoms with van der Waals surface area (Å²) in [5.41, 5.74) is 15.2. The van der Waals surface area contributed by atoms with Crippen LogP contribution in [0.2, 0.25) is 0 Å². The van der Waals surface area contributed by atoms with Crippen LogP contribution in [-0.2, 0) is 0 Å². The first-order valence-electron chi connectivity index (χ1n) is 19.2. The molecule has 0 aliphatic heterocycles. The third-order valence-electron chi connectivity index (χ3n) is 10.8. The van der Waals surface area contributed by atoms with Crippen molar-refractivity contribution >= 4 is 56.3 Å². The van der Waals surface area contributed by atoms with Gasteiger partial charge in [0.25, 0.3) is 0 Å². The van der Waals surface area contributed by atoms with Gasteiger partial charge < -0.3 is 4.90 Å². The van der Waals surface area contributed by atoms with Gasteiger partial charge in [-0.15, -0.1) is 0 Å². The summed E-state index contributed by atoms with van der Waals surface area (Å²) in [6.45, 7) is 6.44. The van der Waals surface area contributed by atoms with Gasteiger partial charge in [0.05, 0.1) is 0 Å². The minimum Gasteiger partial charge on any atom is -0.310 e. The van der Waals surface area contributed by atoms with Crippen LogP contribution in [0.25, 0.3) is 72.7 Å². The van der Waals surface area contributed by atoms with Crippen LogP contribution < -0.4 is 4.90 Å². The molecule has 56 heavy (non-hydrogen) atoms. The minimum absolute atomic E-state index is 1.09. The molecule has 0 spiro atoms. The van der Waals surface area contributed by atoms with Crippen molar-refractivity contribution in [1.29, 1.82) is 0 Å². The molecule has 0 amide bonds. The molecule has 0 saturated heterocycles. The lowest BCUT2D eigenvalue weighted by atomic mass is 9.93. The van der Waals surface area contributed by atoms with Crippen molar-refractivity contribution in [3.05, 3.63) is 230 Å². The van der Waals surface area contributed by atoms with Gasteiger partial charge in [-0.25, -0.2) is 0 Å². The van der Waals surface area contributed by atoms with Crippen LogP contribution in [0.4, 0.5) is 17.1 Å². The summed E-state index contributed by atoms with van der Waals surface area (Å²) < 4.78 is 0. The van der Waals surface area contributed by atoms with Gasteiger partial charge in [-0.2, -0.15) is 0 Å². The molecule has 0 aromatic heterocycles. The van der Waals surface area contributed by atoms with E-state index in [1.54, 1.807) is 0 Å². The van der Waals surface area contributed by atoms with E-state index in [-0.39, 0.29) is 0 Å². The molecule has 1 nitrogen and oxygen atoms in total. The maximum absolute atomic E-state index is 4.24. The summed E-state index contributed by atoms with van der Waals surface area (Å²) in [6.07, 6.45) is 4.28. The summed E-state index contributed by atoms with van der Waals surface area (Å²) in [4.78, 5) is 2.36. The maximum atomic E-state index is 4.24. The number of rotatable bonds is 9. The van der Waals surface area contributed by atoms with Gasteiger partial charge in [0.15, 0.2) is 0 Å². The number of nitrogens with zero attached hydrogens (tertiary/aromatic N) is 1. The number of hydrogen-bond acceptors (Lipinski definition) is 1. The highest BCUT2D eigenvalue weighted by Crippen LogP contribution is 2.39. The highest BCUT2D eigenvalue weighted by atomic mass is 15.1. The molecule has 0 bridgehead atoms. The first kappa shape index (κ1) is 34.5. The van der Waals surface area contributed by atoms with E-state index in [2.05, 4.69) is 231 Å². The molecule has 0 unspecified atom stereocenters. The molecule has 0 aliphatic carbocycles. The van der Waals surface area contributed by atoms with Crippen LogP contribution in [0.3, 0.4) is 0 Å². The Bertz CT molecular complexity index is 2840. The highest BCUT2D eigenvalue weighted by molar-refractivity contribution is 5.99. The zero-order valence-corrected chi connectivity index (χ0v) is 31.4. The van der Waals surface area contributed by atoms with E-state index >= 15 is 0 Å². The maximum Gasteiger partial charge on any atom is 0.0467 e. The molecule has 266 valence electrons. The third-order valence-corrected chi connectivity index (χ3v) is 10.8. The number of hydrogen-bond donors (Lipinski definition) is 0. The average Bonchev–Trinajstić information content (AvgIpc) is 3.27. The van der Waals surface area contributed by atoms with Crippen molar-refractivity contribution in [2.45, 2.75) is 6.92 Å². The van der Waals surface area contributed by atoms with Crippen molar-refractivity contribution in [2.75, 3.05) is 4.90 Å². The summed E-state index contributed by atoms with van der Waals surface area (Å²) in [7, 11) is 0. The van der Waals surface area contributed by atoms with Crippen molar-refractivity contribution in [1.82, 2.24) is 0 Å². The number of allylic oxidation sites excluding steroid dienone is 1. The van der Waals surface area contributed by atoms with Crippen molar-refractivity contribution < 1.29 is 0 Å². The fourth-order valence-corrected chi connectivity index (χ4v) is 7.89. The lowest BCUT2D eigenvalue weighted by molar-refractivity contribution is 1.28. The molecular weight excluding hydrogens is 675 g/mol. The van der Waals surface area contributed by atoms with Gasteiger partial charge >= 0.3 is 0 Å². The highest BCUT2D eigenvalue weighted by Gasteiger charge is 2.15. The number of benzene rings is 9. The Morgan fingerprint density at radius 3 is 1.73 bits per heavy atom. The van der Waals surface area contributed by atoms with Gasteiger partial charge in [0, 0.05) is 17.1 Å². The number of fused-ring (bicyclic) bond motifs is 2.